The Kier molecular flexibility index (Phi) is 4.49. The van der Waals surface area contributed by atoms with Gasteiger partial charge in [-0.05, 0) is 38.0 Å². The van der Waals surface area contributed by atoms with Crippen molar-refractivity contribution in [3.05, 3.63) is 28.8 Å². The van der Waals surface area contributed by atoms with E-state index in [9.17, 15) is 9.59 Å². The third-order valence-electron chi connectivity index (χ3n) is 3.27. The third kappa shape index (κ3) is 3.04. The van der Waals surface area contributed by atoms with Crippen molar-refractivity contribution in [2.75, 3.05) is 18.0 Å². The lowest BCUT2D eigenvalue weighted by Gasteiger charge is -2.21. The number of carbonyl (C=O) groups excluding carboxylic acids is 2. The predicted octanol–water partition coefficient (Wildman–Crippen LogP) is 1.94. The summed E-state index contributed by atoms with van der Waals surface area (Å²) in [6.45, 7) is 4.65. The van der Waals surface area contributed by atoms with Gasteiger partial charge in [0.2, 0.25) is 5.91 Å². The van der Waals surface area contributed by atoms with Crippen molar-refractivity contribution in [2.24, 2.45) is 0 Å². The molecule has 20 heavy (non-hydrogen) atoms. The zero-order valence-corrected chi connectivity index (χ0v) is 12.3. The molecule has 0 saturated carbocycles. The molecule has 1 aliphatic heterocycles. The molecule has 0 radical (unpaired) electrons. The summed E-state index contributed by atoms with van der Waals surface area (Å²) in [5, 5.41) is 5.97. The Morgan fingerprint density at radius 3 is 2.90 bits per heavy atom. The van der Waals surface area contributed by atoms with Gasteiger partial charge in [0.05, 0.1) is 5.69 Å². The summed E-state index contributed by atoms with van der Waals surface area (Å²) in [7, 11) is 0. The lowest BCUT2D eigenvalue weighted by molar-refractivity contribution is -0.122. The van der Waals surface area contributed by atoms with Crippen molar-refractivity contribution >= 4 is 29.2 Å². The van der Waals surface area contributed by atoms with Gasteiger partial charge >= 0.3 is 6.03 Å². The van der Waals surface area contributed by atoms with E-state index in [1.165, 1.54) is 0 Å². The number of hydrogen-bond donors (Lipinski definition) is 2. The summed E-state index contributed by atoms with van der Waals surface area (Å²) in [6, 6.07) is 4.69. The van der Waals surface area contributed by atoms with Crippen LogP contribution in [0.25, 0.3) is 0 Å². The number of nitrogens with zero attached hydrogens (tertiary/aromatic N) is 1. The number of carbonyl (C=O) groups is 2. The van der Waals surface area contributed by atoms with E-state index in [0.717, 1.165) is 17.7 Å². The average Bonchev–Trinajstić information content (AvgIpc) is 2.81. The summed E-state index contributed by atoms with van der Waals surface area (Å²) < 4.78 is 0. The van der Waals surface area contributed by atoms with E-state index in [4.69, 9.17) is 11.6 Å². The SMILES string of the molecule is CCNC(=O)C(C)NC(=O)N1CCc2ccc(Cl)cc21. The van der Waals surface area contributed by atoms with Gasteiger partial charge in [0.15, 0.2) is 0 Å². The first-order chi connectivity index (χ1) is 9.52. The maximum Gasteiger partial charge on any atom is 0.322 e. The first-order valence-electron chi connectivity index (χ1n) is 6.67. The number of amides is 3. The predicted molar refractivity (Wildman–Crippen MR) is 79.2 cm³/mol. The molecule has 1 atom stereocenters. The Hall–Kier alpha value is -1.75. The molecule has 108 valence electrons. The molecule has 1 aromatic rings. The van der Waals surface area contributed by atoms with Crippen LogP contribution in [-0.2, 0) is 11.2 Å². The van der Waals surface area contributed by atoms with E-state index < -0.39 is 6.04 Å². The van der Waals surface area contributed by atoms with Crippen LogP contribution in [-0.4, -0.2) is 31.1 Å². The number of rotatable bonds is 3. The average molecular weight is 296 g/mol. The van der Waals surface area contributed by atoms with Crippen molar-refractivity contribution in [3.8, 4) is 0 Å². The molecule has 0 aliphatic carbocycles. The highest BCUT2D eigenvalue weighted by Gasteiger charge is 2.26. The van der Waals surface area contributed by atoms with Gasteiger partial charge in [-0.2, -0.15) is 0 Å². The molecule has 0 bridgehead atoms. The van der Waals surface area contributed by atoms with Gasteiger partial charge in [0, 0.05) is 18.1 Å². The molecule has 0 saturated heterocycles. The molecule has 2 N–H and O–H groups in total. The van der Waals surface area contributed by atoms with Gasteiger partial charge in [-0.1, -0.05) is 17.7 Å². The second-order valence-electron chi connectivity index (χ2n) is 4.74. The van der Waals surface area contributed by atoms with E-state index >= 15 is 0 Å². The summed E-state index contributed by atoms with van der Waals surface area (Å²) >= 11 is 5.97. The Bertz CT molecular complexity index is 533. The van der Waals surface area contributed by atoms with Gasteiger partial charge in [0.1, 0.15) is 6.04 Å². The third-order valence-corrected chi connectivity index (χ3v) is 3.51. The fourth-order valence-electron chi connectivity index (χ4n) is 2.22. The van der Waals surface area contributed by atoms with Crippen LogP contribution in [0.3, 0.4) is 0 Å². The maximum absolute atomic E-state index is 12.2. The normalized spacial score (nSPS) is 14.7. The summed E-state index contributed by atoms with van der Waals surface area (Å²) in [5.74, 6) is -0.189. The summed E-state index contributed by atoms with van der Waals surface area (Å²) in [5.41, 5.74) is 1.91. The number of halogens is 1. The number of urea groups is 1. The largest absolute Gasteiger partial charge is 0.355 e. The second kappa shape index (κ2) is 6.13. The Labute approximate surface area is 123 Å². The zero-order chi connectivity index (χ0) is 14.7. The molecule has 2 rings (SSSR count). The highest BCUT2D eigenvalue weighted by molar-refractivity contribution is 6.31. The fraction of sp³-hybridized carbons (Fsp3) is 0.429. The fourth-order valence-corrected chi connectivity index (χ4v) is 2.39. The number of nitrogens with one attached hydrogen (secondary N) is 2. The van der Waals surface area contributed by atoms with Gasteiger partial charge < -0.3 is 10.6 Å². The van der Waals surface area contributed by atoms with Crippen LogP contribution in [0.2, 0.25) is 5.02 Å². The molecule has 1 aliphatic rings. The molecular formula is C14H18ClN3O2. The first kappa shape index (κ1) is 14.7. The number of hydrogen-bond acceptors (Lipinski definition) is 2. The van der Waals surface area contributed by atoms with Crippen molar-refractivity contribution in [3.63, 3.8) is 0 Å². The smallest absolute Gasteiger partial charge is 0.322 e. The van der Waals surface area contributed by atoms with E-state index in [1.807, 2.05) is 19.1 Å². The molecule has 0 aromatic heterocycles. The van der Waals surface area contributed by atoms with Crippen LogP contribution in [0.1, 0.15) is 19.4 Å². The van der Waals surface area contributed by atoms with Gasteiger partial charge in [-0.15, -0.1) is 0 Å². The van der Waals surface area contributed by atoms with Crippen molar-refractivity contribution in [1.29, 1.82) is 0 Å². The van der Waals surface area contributed by atoms with Crippen LogP contribution in [0, 0.1) is 0 Å². The molecule has 1 unspecified atom stereocenters. The number of fused-ring (bicyclic) bond motifs is 1. The Balaban J connectivity index is 2.05. The Morgan fingerprint density at radius 1 is 1.45 bits per heavy atom. The zero-order valence-electron chi connectivity index (χ0n) is 11.6. The maximum atomic E-state index is 12.2. The number of anilines is 1. The molecule has 5 nitrogen and oxygen atoms in total. The molecule has 1 heterocycles. The molecule has 0 fully saturated rings. The lowest BCUT2D eigenvalue weighted by Crippen LogP contribution is -2.49. The minimum Gasteiger partial charge on any atom is -0.355 e. The summed E-state index contributed by atoms with van der Waals surface area (Å²) in [6.07, 6.45) is 0.801. The van der Waals surface area contributed by atoms with Crippen molar-refractivity contribution < 1.29 is 9.59 Å². The Morgan fingerprint density at radius 2 is 2.20 bits per heavy atom. The van der Waals surface area contributed by atoms with E-state index in [0.29, 0.717) is 18.1 Å². The van der Waals surface area contributed by atoms with Gasteiger partial charge in [0.25, 0.3) is 0 Å². The van der Waals surface area contributed by atoms with E-state index in [1.54, 1.807) is 17.9 Å². The van der Waals surface area contributed by atoms with Crippen LogP contribution in [0.15, 0.2) is 18.2 Å². The monoisotopic (exact) mass is 295 g/mol. The second-order valence-corrected chi connectivity index (χ2v) is 5.18. The minimum absolute atomic E-state index is 0.189. The summed E-state index contributed by atoms with van der Waals surface area (Å²) in [4.78, 5) is 25.5. The van der Waals surface area contributed by atoms with Crippen LogP contribution >= 0.6 is 11.6 Å². The highest BCUT2D eigenvalue weighted by Crippen LogP contribution is 2.30. The van der Waals surface area contributed by atoms with E-state index in [-0.39, 0.29) is 11.9 Å². The highest BCUT2D eigenvalue weighted by atomic mass is 35.5. The van der Waals surface area contributed by atoms with Gasteiger partial charge in [-0.3, -0.25) is 9.69 Å². The first-order valence-corrected chi connectivity index (χ1v) is 7.05. The van der Waals surface area contributed by atoms with Crippen LogP contribution in [0.4, 0.5) is 10.5 Å². The molecule has 1 aromatic carbocycles. The van der Waals surface area contributed by atoms with Gasteiger partial charge in [-0.25, -0.2) is 4.79 Å². The minimum atomic E-state index is -0.564. The van der Waals surface area contributed by atoms with Crippen LogP contribution in [0.5, 0.6) is 0 Å². The molecule has 3 amide bonds. The topological polar surface area (TPSA) is 61.4 Å². The lowest BCUT2D eigenvalue weighted by atomic mass is 10.2. The molecular weight excluding hydrogens is 278 g/mol. The number of benzene rings is 1. The molecule has 6 heteroatoms. The number of likely N-dealkylation sites (N-methyl/N-ethyl adjacent to an activating group) is 1. The standard InChI is InChI=1S/C14H18ClN3O2/c1-3-16-13(19)9(2)17-14(20)18-7-6-10-4-5-11(15)8-12(10)18/h4-5,8-9H,3,6-7H2,1-2H3,(H,16,19)(H,17,20). The van der Waals surface area contributed by atoms with E-state index in [2.05, 4.69) is 10.6 Å². The van der Waals surface area contributed by atoms with Crippen molar-refractivity contribution in [2.45, 2.75) is 26.3 Å². The molecule has 0 spiro atoms. The van der Waals surface area contributed by atoms with Crippen LogP contribution < -0.4 is 15.5 Å². The quantitative estimate of drug-likeness (QED) is 0.895. The van der Waals surface area contributed by atoms with Crippen molar-refractivity contribution in [1.82, 2.24) is 10.6 Å².